The average molecular weight is 432 g/mol. The number of methoxy groups -OCH3 is 2. The maximum atomic E-state index is 11.7. The van der Waals surface area contributed by atoms with Gasteiger partial charge in [-0.05, 0) is 55.0 Å². The Kier molecular flexibility index (Phi) is 5.98. The van der Waals surface area contributed by atoms with E-state index >= 15 is 0 Å². The molecule has 0 bridgehead atoms. The van der Waals surface area contributed by atoms with E-state index in [4.69, 9.17) is 18.9 Å². The number of ether oxygens (including phenoxy) is 4. The minimum Gasteiger partial charge on any atom is -0.497 e. The largest absolute Gasteiger partial charge is 0.497 e. The Bertz CT molecular complexity index is 1280. The summed E-state index contributed by atoms with van der Waals surface area (Å²) in [7, 11) is 4.91. The number of carbonyl (C=O) groups excluding carboxylic acids is 1. The molecule has 7 heteroatoms. The number of rotatable bonds is 7. The molecular formula is C25H24N2O5. The first-order chi connectivity index (χ1) is 15.5. The van der Waals surface area contributed by atoms with Crippen LogP contribution in [0.3, 0.4) is 0 Å². The van der Waals surface area contributed by atoms with Crippen molar-refractivity contribution in [1.82, 2.24) is 9.55 Å². The first-order valence-corrected chi connectivity index (χ1v) is 10.1. The van der Waals surface area contributed by atoms with Crippen LogP contribution in [-0.4, -0.2) is 29.7 Å². The van der Waals surface area contributed by atoms with Gasteiger partial charge in [-0.2, -0.15) is 0 Å². The Morgan fingerprint density at radius 1 is 0.938 bits per heavy atom. The molecule has 0 N–H and O–H groups in total. The Morgan fingerprint density at radius 3 is 2.53 bits per heavy atom. The fraction of sp³-hybridized carbons (Fsp3) is 0.200. The summed E-state index contributed by atoms with van der Waals surface area (Å²) in [6.07, 6.45) is 0. The van der Waals surface area contributed by atoms with Gasteiger partial charge in [0.15, 0.2) is 0 Å². The topological polar surface area (TPSA) is 71.8 Å². The first kappa shape index (κ1) is 21.2. The summed E-state index contributed by atoms with van der Waals surface area (Å²) in [5.74, 6) is 3.06. The van der Waals surface area contributed by atoms with E-state index in [1.807, 2.05) is 54.9 Å². The molecule has 4 aromatic rings. The summed E-state index contributed by atoms with van der Waals surface area (Å²) in [5, 5.41) is 0. The highest BCUT2D eigenvalue weighted by Gasteiger charge is 2.12. The normalized spacial score (nSPS) is 10.8. The minimum atomic E-state index is -0.406. The second-order valence-corrected chi connectivity index (χ2v) is 7.33. The van der Waals surface area contributed by atoms with Crippen molar-refractivity contribution >= 4 is 17.0 Å². The molecule has 0 amide bonds. The quantitative estimate of drug-likeness (QED) is 0.381. The summed E-state index contributed by atoms with van der Waals surface area (Å²) < 4.78 is 24.0. The maximum Gasteiger partial charge on any atom is 0.337 e. The van der Waals surface area contributed by atoms with E-state index < -0.39 is 5.97 Å². The van der Waals surface area contributed by atoms with Crippen molar-refractivity contribution in [3.63, 3.8) is 0 Å². The number of fused-ring (bicyclic) bond motifs is 1. The Balaban J connectivity index is 1.53. The molecule has 1 aromatic heterocycles. The van der Waals surface area contributed by atoms with Crippen LogP contribution in [0.5, 0.6) is 23.0 Å². The average Bonchev–Trinajstić information content (AvgIpc) is 3.12. The van der Waals surface area contributed by atoms with E-state index in [0.29, 0.717) is 22.8 Å². The minimum absolute atomic E-state index is 0.251. The number of nitrogens with zero attached hydrogens (tertiary/aromatic N) is 2. The number of aryl methyl sites for hydroxylation is 2. The molecule has 1 heterocycles. The molecule has 0 aliphatic carbocycles. The van der Waals surface area contributed by atoms with Crippen molar-refractivity contribution in [2.24, 2.45) is 7.05 Å². The van der Waals surface area contributed by atoms with Gasteiger partial charge >= 0.3 is 5.97 Å². The van der Waals surface area contributed by atoms with Crippen LogP contribution in [0.2, 0.25) is 0 Å². The summed E-state index contributed by atoms with van der Waals surface area (Å²) in [5.41, 5.74) is 3.24. The van der Waals surface area contributed by atoms with Gasteiger partial charge in [0.2, 0.25) is 0 Å². The van der Waals surface area contributed by atoms with Crippen LogP contribution in [0.25, 0.3) is 11.0 Å². The highest BCUT2D eigenvalue weighted by Crippen LogP contribution is 2.29. The van der Waals surface area contributed by atoms with Gasteiger partial charge in [-0.1, -0.05) is 6.07 Å². The lowest BCUT2D eigenvalue weighted by Crippen LogP contribution is -2.05. The van der Waals surface area contributed by atoms with Gasteiger partial charge in [-0.25, -0.2) is 9.78 Å². The van der Waals surface area contributed by atoms with Gasteiger partial charge in [0.05, 0.1) is 30.8 Å². The van der Waals surface area contributed by atoms with Gasteiger partial charge < -0.3 is 23.5 Å². The van der Waals surface area contributed by atoms with Crippen LogP contribution < -0.4 is 14.2 Å². The third kappa shape index (κ3) is 4.51. The molecule has 32 heavy (non-hydrogen) atoms. The second-order valence-electron chi connectivity index (χ2n) is 7.33. The molecule has 0 atom stereocenters. The molecule has 0 saturated carbocycles. The smallest absolute Gasteiger partial charge is 0.337 e. The fourth-order valence-electron chi connectivity index (χ4n) is 3.42. The predicted octanol–water partition coefficient (Wildman–Crippen LogP) is 5.05. The van der Waals surface area contributed by atoms with Crippen molar-refractivity contribution in [3.8, 4) is 23.0 Å². The molecule has 3 aromatic carbocycles. The van der Waals surface area contributed by atoms with Crippen LogP contribution in [0, 0.1) is 6.92 Å². The van der Waals surface area contributed by atoms with Gasteiger partial charge in [0, 0.05) is 19.2 Å². The number of carbonyl (C=O) groups is 1. The van der Waals surface area contributed by atoms with E-state index in [1.165, 1.54) is 7.11 Å². The van der Waals surface area contributed by atoms with Gasteiger partial charge in [-0.3, -0.25) is 0 Å². The standard InChI is InChI=1S/C25H24N2O5/c1-16-10-20(29-3)13-21(11-16)32-19-8-9-22-23(14-19)27(2)24(26-22)15-31-18-7-5-6-17(12-18)25(28)30-4/h5-14H,15H2,1-4H3. The molecule has 4 rings (SSSR count). The monoisotopic (exact) mass is 432 g/mol. The van der Waals surface area contributed by atoms with Crippen LogP contribution in [0.15, 0.2) is 60.7 Å². The maximum absolute atomic E-state index is 11.7. The van der Waals surface area contributed by atoms with Crippen LogP contribution >= 0.6 is 0 Å². The fourth-order valence-corrected chi connectivity index (χ4v) is 3.42. The third-order valence-corrected chi connectivity index (χ3v) is 5.06. The van der Waals surface area contributed by atoms with Crippen molar-refractivity contribution in [1.29, 1.82) is 0 Å². The number of aromatic nitrogens is 2. The van der Waals surface area contributed by atoms with Crippen LogP contribution in [0.4, 0.5) is 0 Å². The molecule has 0 radical (unpaired) electrons. The lowest BCUT2D eigenvalue weighted by atomic mass is 10.2. The van der Waals surface area contributed by atoms with Crippen molar-refractivity contribution in [3.05, 3.63) is 77.6 Å². The molecule has 0 saturated heterocycles. The highest BCUT2D eigenvalue weighted by atomic mass is 16.5. The number of esters is 1. The summed E-state index contributed by atoms with van der Waals surface area (Å²) in [6.45, 7) is 2.24. The van der Waals surface area contributed by atoms with Gasteiger partial charge in [0.25, 0.3) is 0 Å². The molecule has 0 aliphatic heterocycles. The predicted molar refractivity (Wildman–Crippen MR) is 121 cm³/mol. The summed E-state index contributed by atoms with van der Waals surface area (Å²) in [6, 6.07) is 18.4. The first-order valence-electron chi connectivity index (χ1n) is 10.1. The SMILES string of the molecule is COC(=O)c1cccc(OCc2nc3ccc(Oc4cc(C)cc(OC)c4)cc3n2C)c1. The van der Waals surface area contributed by atoms with Crippen molar-refractivity contribution < 1.29 is 23.7 Å². The number of benzene rings is 3. The highest BCUT2D eigenvalue weighted by molar-refractivity contribution is 5.89. The summed E-state index contributed by atoms with van der Waals surface area (Å²) in [4.78, 5) is 16.4. The Morgan fingerprint density at radius 2 is 1.75 bits per heavy atom. The van der Waals surface area contributed by atoms with Crippen LogP contribution in [-0.2, 0) is 18.4 Å². The Hall–Kier alpha value is -4.00. The van der Waals surface area contributed by atoms with E-state index in [9.17, 15) is 4.79 Å². The zero-order valence-corrected chi connectivity index (χ0v) is 18.4. The zero-order chi connectivity index (χ0) is 22.7. The number of hydrogen-bond donors (Lipinski definition) is 0. The van der Waals surface area contributed by atoms with Gasteiger partial charge in [0.1, 0.15) is 35.4 Å². The molecule has 7 nitrogen and oxygen atoms in total. The summed E-state index contributed by atoms with van der Waals surface area (Å²) >= 11 is 0. The van der Waals surface area contributed by atoms with E-state index in [0.717, 1.165) is 28.2 Å². The third-order valence-electron chi connectivity index (χ3n) is 5.06. The van der Waals surface area contributed by atoms with E-state index in [2.05, 4.69) is 4.98 Å². The van der Waals surface area contributed by atoms with Crippen LogP contribution in [0.1, 0.15) is 21.7 Å². The lowest BCUT2D eigenvalue weighted by molar-refractivity contribution is 0.0600. The molecule has 0 spiro atoms. The number of hydrogen-bond acceptors (Lipinski definition) is 6. The second kappa shape index (κ2) is 9.01. The molecular weight excluding hydrogens is 408 g/mol. The lowest BCUT2D eigenvalue weighted by Gasteiger charge is -2.09. The zero-order valence-electron chi connectivity index (χ0n) is 18.4. The molecule has 0 unspecified atom stereocenters. The van der Waals surface area contributed by atoms with Crippen molar-refractivity contribution in [2.75, 3.05) is 14.2 Å². The van der Waals surface area contributed by atoms with Gasteiger partial charge in [-0.15, -0.1) is 0 Å². The van der Waals surface area contributed by atoms with E-state index in [1.54, 1.807) is 31.4 Å². The van der Waals surface area contributed by atoms with E-state index in [-0.39, 0.29) is 6.61 Å². The molecule has 0 fully saturated rings. The molecule has 0 aliphatic rings. The number of imidazole rings is 1. The molecule has 164 valence electrons. The van der Waals surface area contributed by atoms with Crippen molar-refractivity contribution in [2.45, 2.75) is 13.5 Å². The Labute approximate surface area is 186 Å².